The summed E-state index contributed by atoms with van der Waals surface area (Å²) in [7, 11) is -4.64. The second kappa shape index (κ2) is 10.3. The van der Waals surface area contributed by atoms with Crippen LogP contribution in [0.15, 0.2) is 0 Å². The molecule has 4 nitrogen and oxygen atoms in total. The molecule has 0 spiro atoms. The average Bonchev–Trinajstić information content (AvgIpc) is 0.722. The van der Waals surface area contributed by atoms with Gasteiger partial charge < -0.3 is 14.7 Å². The van der Waals surface area contributed by atoms with Gasteiger partial charge in [-0.1, -0.05) is 0 Å². The fraction of sp³-hybridized carbons (Fsp3) is 0. The third-order valence-electron chi connectivity index (χ3n) is 0. The zero-order valence-electron chi connectivity index (χ0n) is 2.64. The first-order chi connectivity index (χ1) is 2.00. The third kappa shape index (κ3) is 58.4. The molecule has 0 heterocycles. The molecule has 0 rings (SSSR count). The molecule has 0 aliphatic rings. The summed E-state index contributed by atoms with van der Waals surface area (Å²) in [5.41, 5.74) is 0. The summed E-state index contributed by atoms with van der Waals surface area (Å²) in [5, 5.41) is 0. The Morgan fingerprint density at radius 1 is 1.12 bits per heavy atom. The molecule has 8 heteroatoms. The van der Waals surface area contributed by atoms with Crippen molar-refractivity contribution in [1.29, 1.82) is 0 Å². The van der Waals surface area contributed by atoms with Crippen molar-refractivity contribution in [2.75, 3.05) is 0 Å². The van der Waals surface area contributed by atoms with Gasteiger partial charge in [-0.15, -0.1) is 0 Å². The van der Waals surface area contributed by atoms with E-state index in [1.165, 1.54) is 0 Å². The van der Waals surface area contributed by atoms with E-state index in [1.54, 1.807) is 0 Å². The molecule has 0 aromatic rings. The van der Waals surface area contributed by atoms with E-state index in [4.69, 9.17) is 19.2 Å². The largest absolute Gasteiger partial charge is 0 e. The zero-order valence-corrected chi connectivity index (χ0v) is 6.75. The van der Waals surface area contributed by atoms with E-state index in [2.05, 4.69) is 0 Å². The fourth-order valence-corrected chi connectivity index (χ4v) is 0. The molecule has 0 aromatic heterocycles. The molecule has 0 fully saturated rings. The number of hydrogen-bond acceptors (Lipinski definition) is 1. The van der Waals surface area contributed by atoms with Gasteiger partial charge in [-0.05, 0) is 0 Å². The molecule has 43 valence electrons. The van der Waals surface area contributed by atoms with E-state index < -0.39 is 7.82 Å². The van der Waals surface area contributed by atoms with E-state index >= 15 is 0 Å². The normalized spacial score (nSPS) is 7.38. The maximum atomic E-state index is 8.88. The van der Waals surface area contributed by atoms with Crippen LogP contribution in [0.3, 0.4) is 0 Å². The summed E-state index contributed by atoms with van der Waals surface area (Å²) in [6, 6.07) is 0. The van der Waals surface area contributed by atoms with Gasteiger partial charge in [0.25, 0.3) is 0 Å². The Balaban J connectivity index is -0.0000000267. The van der Waals surface area contributed by atoms with Crippen molar-refractivity contribution in [1.82, 2.24) is 0 Å². The molecule has 0 saturated carbocycles. The van der Waals surface area contributed by atoms with Crippen LogP contribution in [0, 0.1) is 0 Å². The minimum Gasteiger partial charge on any atom is 0 e. The Hall–Kier alpha value is 3.33. The second-order valence-corrected chi connectivity index (χ2v) is 1.54. The molecule has 0 bridgehead atoms. The maximum Gasteiger partial charge on any atom is 0 e. The van der Waals surface area contributed by atoms with Gasteiger partial charge in [0.1, 0.15) is 0 Å². The van der Waals surface area contributed by atoms with Gasteiger partial charge in [-0.3, -0.25) is 0 Å². The minimum absolute atomic E-state index is 0. The van der Waals surface area contributed by atoms with Crippen LogP contribution in [-0.2, 0) is 26.9 Å². The molecular formula is H6NaO4PSrTa. The number of hydrogen-bond donors (Lipinski definition) is 3. The molecule has 0 atom stereocenters. The predicted molar refractivity (Wildman–Crippen MR) is 30.0 cm³/mol. The van der Waals surface area contributed by atoms with Crippen molar-refractivity contribution in [3.63, 3.8) is 0 Å². The summed E-state index contributed by atoms with van der Waals surface area (Å²) < 4.78 is 8.88. The molecule has 0 unspecified atom stereocenters. The Kier molecular flexibility index (Phi) is 29.1. The number of rotatable bonds is 0. The van der Waals surface area contributed by atoms with Crippen molar-refractivity contribution in [2.45, 2.75) is 0 Å². The Labute approximate surface area is 122 Å². The van der Waals surface area contributed by atoms with Crippen LogP contribution in [0.1, 0.15) is 0 Å². The Morgan fingerprint density at radius 3 is 1.12 bits per heavy atom. The third-order valence-corrected chi connectivity index (χ3v) is 0. The summed E-state index contributed by atoms with van der Waals surface area (Å²) >= 11 is 0. The first kappa shape index (κ1) is 22.5. The quantitative estimate of drug-likeness (QED) is 0.315. The van der Waals surface area contributed by atoms with Crippen LogP contribution >= 0.6 is 7.82 Å². The van der Waals surface area contributed by atoms with E-state index in [0.29, 0.717) is 0 Å². The molecule has 0 saturated heterocycles. The van der Waals surface area contributed by atoms with Crippen LogP contribution in [0.2, 0.25) is 0 Å². The van der Waals surface area contributed by atoms with Crippen LogP contribution in [-0.4, -0.2) is 89.7 Å². The topological polar surface area (TPSA) is 77.8 Å². The van der Waals surface area contributed by atoms with Gasteiger partial charge in [0.15, 0.2) is 0 Å². The SMILES string of the molecule is O=P(O)(O)O.[NaH].[SrH2].[Ta]. The Bertz CT molecular complexity index is 62.2. The van der Waals surface area contributed by atoms with Gasteiger partial charge in [0.2, 0.25) is 0 Å². The summed E-state index contributed by atoms with van der Waals surface area (Å²) in [5.74, 6) is 0. The Morgan fingerprint density at radius 2 is 1.12 bits per heavy atom. The second-order valence-electron chi connectivity index (χ2n) is 0.513. The fourth-order valence-electron chi connectivity index (χ4n) is 0. The molecule has 8 heavy (non-hydrogen) atoms. The summed E-state index contributed by atoms with van der Waals surface area (Å²) in [6.07, 6.45) is 0. The first-order valence-electron chi connectivity index (χ1n) is 0.783. The van der Waals surface area contributed by atoms with Crippen molar-refractivity contribution < 1.29 is 41.6 Å². The smallest absolute Gasteiger partial charge is 0 e. The summed E-state index contributed by atoms with van der Waals surface area (Å²) in [6.45, 7) is 0. The van der Waals surface area contributed by atoms with Gasteiger partial charge in [-0.2, -0.15) is 0 Å². The number of phosphoric acid groups is 1. The van der Waals surface area contributed by atoms with Gasteiger partial charge >= 0.3 is 82.9 Å². The van der Waals surface area contributed by atoms with E-state index in [9.17, 15) is 0 Å². The molecule has 3 N–H and O–H groups in total. The minimum atomic E-state index is -4.64. The van der Waals surface area contributed by atoms with E-state index in [-0.39, 0.29) is 97.4 Å². The van der Waals surface area contributed by atoms with Crippen LogP contribution < -0.4 is 0 Å². The van der Waals surface area contributed by atoms with Crippen molar-refractivity contribution in [3.8, 4) is 0 Å². The first-order valence-corrected chi connectivity index (χ1v) is 2.35. The molecular weight excluding hydrogens is 387 g/mol. The molecule has 0 aromatic carbocycles. The average molecular weight is 393 g/mol. The standard InChI is InChI=1S/Na.H3O4P.Sr.Ta.3H/c;1-5(2,3)4;;;;;/h;(H3,1,2,3,4);;;;;. The van der Waals surface area contributed by atoms with Gasteiger partial charge in [-0.25, -0.2) is 4.57 Å². The molecule has 0 aliphatic carbocycles. The molecule has 0 aliphatic heterocycles. The van der Waals surface area contributed by atoms with Crippen LogP contribution in [0.4, 0.5) is 0 Å². The van der Waals surface area contributed by atoms with Gasteiger partial charge in [0, 0.05) is 22.4 Å². The predicted octanol–water partition coefficient (Wildman–Crippen LogP) is -2.50. The van der Waals surface area contributed by atoms with Crippen molar-refractivity contribution in [3.05, 3.63) is 0 Å². The van der Waals surface area contributed by atoms with Crippen LogP contribution in [0.25, 0.3) is 0 Å². The van der Waals surface area contributed by atoms with Crippen molar-refractivity contribution in [2.24, 2.45) is 0 Å². The summed E-state index contributed by atoms with van der Waals surface area (Å²) in [4.78, 5) is 21.6. The zero-order chi connectivity index (χ0) is 4.50. The van der Waals surface area contributed by atoms with E-state index in [0.717, 1.165) is 0 Å². The maximum absolute atomic E-state index is 8.88. The molecule has 0 amide bonds. The van der Waals surface area contributed by atoms with Crippen molar-refractivity contribution >= 4 is 82.9 Å². The van der Waals surface area contributed by atoms with Crippen LogP contribution in [0.5, 0.6) is 0 Å². The van der Waals surface area contributed by atoms with E-state index in [1.807, 2.05) is 0 Å². The van der Waals surface area contributed by atoms with Gasteiger partial charge in [0.05, 0.1) is 0 Å². The monoisotopic (exact) mass is 393 g/mol. The molecule has 1 radical (unpaired) electrons.